The molecule has 3 rings (SSSR count). The molecule has 1 aliphatic heterocycles. The van der Waals surface area contributed by atoms with E-state index in [9.17, 15) is 14.7 Å². The molecule has 1 aromatic rings. The minimum absolute atomic E-state index is 0.0379. The highest BCUT2D eigenvalue weighted by atomic mass is 35.5. The maximum atomic E-state index is 15.2. The summed E-state index contributed by atoms with van der Waals surface area (Å²) in [5.74, 6) is -0.274. The van der Waals surface area contributed by atoms with Crippen LogP contribution in [0.5, 0.6) is 0 Å². The normalized spacial score (nSPS) is 22.2. The SMILES string of the molecule is CC(=O)NCCC[C@@](O)(c1cccc(Cl)c1F)[C@@H]1CCCN(C(=O)C[C@@H](CC2CCCCC2)[C@@H](C)N)C1. The van der Waals surface area contributed by atoms with E-state index in [0.717, 1.165) is 12.8 Å². The number of nitrogens with zero attached hydrogens (tertiary/aromatic N) is 1. The zero-order valence-corrected chi connectivity index (χ0v) is 23.2. The zero-order valence-electron chi connectivity index (χ0n) is 22.5. The van der Waals surface area contributed by atoms with Crippen molar-refractivity contribution in [3.63, 3.8) is 0 Å². The standard InChI is InChI=1S/C29H45ClFN3O3/c1-20(32)23(17-22-9-4-3-5-10-22)18-27(36)34-16-7-11-24(19-34)29(37,14-8-15-33-21(2)35)25-12-6-13-26(30)28(25)31/h6,12-13,20,22-24,37H,3-5,7-11,14-19,32H2,1-2H3,(H,33,35)/t20-,23-,24-,29+/m1/s1. The summed E-state index contributed by atoms with van der Waals surface area (Å²) in [6.45, 7) is 4.81. The summed E-state index contributed by atoms with van der Waals surface area (Å²) in [5, 5.41) is 14.7. The molecule has 0 aromatic heterocycles. The van der Waals surface area contributed by atoms with Gasteiger partial charge >= 0.3 is 0 Å². The number of halogens is 2. The summed E-state index contributed by atoms with van der Waals surface area (Å²) in [6, 6.07) is 4.63. The number of nitrogens with two attached hydrogens (primary N) is 1. The molecule has 0 unspecified atom stereocenters. The number of piperidine rings is 1. The Morgan fingerprint density at radius 2 is 1.97 bits per heavy atom. The molecule has 0 bridgehead atoms. The summed E-state index contributed by atoms with van der Waals surface area (Å²) in [4.78, 5) is 26.6. The number of rotatable bonds is 11. The average molecular weight is 538 g/mol. The molecule has 1 heterocycles. The van der Waals surface area contributed by atoms with Crippen molar-refractivity contribution in [1.82, 2.24) is 10.2 Å². The molecule has 8 heteroatoms. The van der Waals surface area contributed by atoms with Crippen molar-refractivity contribution in [2.24, 2.45) is 23.5 Å². The molecule has 2 fully saturated rings. The van der Waals surface area contributed by atoms with Crippen molar-refractivity contribution in [3.8, 4) is 0 Å². The Labute approximate surface area is 226 Å². The lowest BCUT2D eigenvalue weighted by atomic mass is 9.74. The fourth-order valence-electron chi connectivity index (χ4n) is 6.30. The fourth-order valence-corrected chi connectivity index (χ4v) is 6.48. The van der Waals surface area contributed by atoms with Crippen LogP contribution in [0.3, 0.4) is 0 Å². The number of likely N-dealkylation sites (tertiary alicyclic amines) is 1. The van der Waals surface area contributed by atoms with Crippen molar-refractivity contribution in [2.75, 3.05) is 19.6 Å². The Hall–Kier alpha value is -1.70. The van der Waals surface area contributed by atoms with E-state index < -0.39 is 11.4 Å². The summed E-state index contributed by atoms with van der Waals surface area (Å²) < 4.78 is 15.2. The summed E-state index contributed by atoms with van der Waals surface area (Å²) in [6.07, 6.45) is 9.80. The topological polar surface area (TPSA) is 95.7 Å². The minimum Gasteiger partial charge on any atom is -0.385 e. The highest BCUT2D eigenvalue weighted by molar-refractivity contribution is 6.30. The van der Waals surface area contributed by atoms with Gasteiger partial charge in [-0.15, -0.1) is 0 Å². The molecular formula is C29H45ClFN3O3. The highest BCUT2D eigenvalue weighted by Crippen LogP contribution is 2.42. The van der Waals surface area contributed by atoms with Gasteiger partial charge < -0.3 is 21.1 Å². The molecular weight excluding hydrogens is 493 g/mol. The largest absolute Gasteiger partial charge is 0.385 e. The third kappa shape index (κ3) is 8.14. The maximum absolute atomic E-state index is 15.2. The maximum Gasteiger partial charge on any atom is 0.222 e. The quantitative estimate of drug-likeness (QED) is 0.340. The van der Waals surface area contributed by atoms with Crippen molar-refractivity contribution in [3.05, 3.63) is 34.6 Å². The van der Waals surface area contributed by atoms with Gasteiger partial charge in [-0.2, -0.15) is 0 Å². The molecule has 208 valence electrons. The van der Waals surface area contributed by atoms with Gasteiger partial charge in [0, 0.05) is 50.5 Å². The van der Waals surface area contributed by atoms with Crippen LogP contribution in [0, 0.1) is 23.6 Å². The Kier molecular flexibility index (Phi) is 11.2. The molecule has 37 heavy (non-hydrogen) atoms. The molecule has 1 saturated carbocycles. The highest BCUT2D eigenvalue weighted by Gasteiger charge is 2.43. The summed E-state index contributed by atoms with van der Waals surface area (Å²) >= 11 is 6.09. The molecule has 1 aliphatic carbocycles. The molecule has 4 atom stereocenters. The lowest BCUT2D eigenvalue weighted by Crippen LogP contribution is -2.49. The fraction of sp³-hybridized carbons (Fsp3) is 0.724. The van der Waals surface area contributed by atoms with Gasteiger partial charge in [0.1, 0.15) is 5.82 Å². The van der Waals surface area contributed by atoms with Crippen LogP contribution >= 0.6 is 11.6 Å². The number of carbonyl (C=O) groups is 2. The van der Waals surface area contributed by atoms with Gasteiger partial charge in [-0.25, -0.2) is 4.39 Å². The number of nitrogens with one attached hydrogen (secondary N) is 1. The number of hydrogen-bond acceptors (Lipinski definition) is 4. The number of hydrogen-bond donors (Lipinski definition) is 3. The predicted octanol–water partition coefficient (Wildman–Crippen LogP) is 5.15. The number of aliphatic hydroxyl groups is 1. The van der Waals surface area contributed by atoms with Crippen LogP contribution in [0.2, 0.25) is 5.02 Å². The van der Waals surface area contributed by atoms with E-state index in [4.69, 9.17) is 17.3 Å². The van der Waals surface area contributed by atoms with Crippen LogP contribution < -0.4 is 11.1 Å². The van der Waals surface area contributed by atoms with Gasteiger partial charge in [-0.3, -0.25) is 9.59 Å². The van der Waals surface area contributed by atoms with Gasteiger partial charge in [-0.05, 0) is 56.9 Å². The van der Waals surface area contributed by atoms with E-state index in [1.54, 1.807) is 12.1 Å². The Morgan fingerprint density at radius 3 is 2.65 bits per heavy atom. The predicted molar refractivity (Wildman–Crippen MR) is 145 cm³/mol. The second-order valence-electron chi connectivity index (χ2n) is 11.4. The van der Waals surface area contributed by atoms with Crippen molar-refractivity contribution in [1.29, 1.82) is 0 Å². The van der Waals surface area contributed by atoms with Crippen LogP contribution in [-0.4, -0.2) is 47.5 Å². The van der Waals surface area contributed by atoms with E-state index in [1.165, 1.54) is 45.1 Å². The molecule has 1 aromatic carbocycles. The smallest absolute Gasteiger partial charge is 0.222 e. The molecule has 2 amide bonds. The third-order valence-electron chi connectivity index (χ3n) is 8.52. The van der Waals surface area contributed by atoms with Gasteiger partial charge in [-0.1, -0.05) is 55.8 Å². The van der Waals surface area contributed by atoms with Crippen LogP contribution in [0.25, 0.3) is 0 Å². The van der Waals surface area contributed by atoms with Gasteiger partial charge in [0.15, 0.2) is 0 Å². The summed E-state index contributed by atoms with van der Waals surface area (Å²) in [7, 11) is 0. The van der Waals surface area contributed by atoms with Gasteiger partial charge in [0.2, 0.25) is 11.8 Å². The van der Waals surface area contributed by atoms with Gasteiger partial charge in [0.25, 0.3) is 0 Å². The van der Waals surface area contributed by atoms with Crippen LogP contribution in [0.15, 0.2) is 18.2 Å². The molecule has 6 nitrogen and oxygen atoms in total. The van der Waals surface area contributed by atoms with Crippen LogP contribution in [-0.2, 0) is 15.2 Å². The Balaban J connectivity index is 1.74. The Bertz CT molecular complexity index is 908. The first-order valence-electron chi connectivity index (χ1n) is 14.1. The second kappa shape index (κ2) is 13.9. The van der Waals surface area contributed by atoms with Crippen molar-refractivity contribution in [2.45, 2.75) is 96.1 Å². The lowest BCUT2D eigenvalue weighted by Gasteiger charge is -2.43. The summed E-state index contributed by atoms with van der Waals surface area (Å²) in [5.41, 5.74) is 4.98. The first kappa shape index (κ1) is 29.9. The van der Waals surface area contributed by atoms with Crippen molar-refractivity contribution >= 4 is 23.4 Å². The third-order valence-corrected chi connectivity index (χ3v) is 8.81. The second-order valence-corrected chi connectivity index (χ2v) is 11.8. The zero-order chi connectivity index (χ0) is 27.0. The van der Waals surface area contributed by atoms with Crippen molar-refractivity contribution < 1.29 is 19.1 Å². The molecule has 4 N–H and O–H groups in total. The van der Waals surface area contributed by atoms with E-state index >= 15 is 4.39 Å². The average Bonchev–Trinajstić information content (AvgIpc) is 2.88. The number of benzene rings is 1. The number of carbonyl (C=O) groups excluding carboxylic acids is 2. The molecule has 0 radical (unpaired) electrons. The first-order valence-corrected chi connectivity index (χ1v) is 14.4. The van der Waals surface area contributed by atoms with Crippen LogP contribution in [0.4, 0.5) is 4.39 Å². The van der Waals surface area contributed by atoms with Gasteiger partial charge in [0.05, 0.1) is 10.6 Å². The van der Waals surface area contributed by atoms with Crippen LogP contribution in [0.1, 0.15) is 90.0 Å². The molecule has 2 aliphatic rings. The van der Waals surface area contributed by atoms with E-state index in [-0.39, 0.29) is 46.7 Å². The van der Waals surface area contributed by atoms with E-state index in [1.807, 2.05) is 11.8 Å². The number of amides is 2. The van der Waals surface area contributed by atoms with E-state index in [0.29, 0.717) is 44.8 Å². The van der Waals surface area contributed by atoms with E-state index in [2.05, 4.69) is 5.32 Å². The molecule has 1 saturated heterocycles. The minimum atomic E-state index is -1.50. The molecule has 0 spiro atoms. The monoisotopic (exact) mass is 537 g/mol. The lowest BCUT2D eigenvalue weighted by molar-refractivity contribution is -0.138. The Morgan fingerprint density at radius 1 is 1.24 bits per heavy atom. The first-order chi connectivity index (χ1) is 17.6.